The summed E-state index contributed by atoms with van der Waals surface area (Å²) in [6, 6.07) is 1.72. The Hall–Kier alpha value is -1.56. The van der Waals surface area contributed by atoms with Crippen LogP contribution < -0.4 is 16.0 Å². The Morgan fingerprint density at radius 3 is 2.53 bits per heavy atom. The second-order valence-corrected chi connectivity index (χ2v) is 8.14. The molecule has 6 nitrogen and oxygen atoms in total. The number of amides is 1. The first kappa shape index (κ1) is 26.5. The molecule has 1 heterocycles. The fraction of sp³-hybridized carbons (Fsp3) is 0.600. The quantitative estimate of drug-likeness (QED) is 0.230. The van der Waals surface area contributed by atoms with Gasteiger partial charge in [-0.3, -0.25) is 9.79 Å². The van der Waals surface area contributed by atoms with Crippen molar-refractivity contribution in [3.8, 4) is 0 Å². The zero-order chi connectivity index (χ0) is 21.6. The summed E-state index contributed by atoms with van der Waals surface area (Å²) in [5.41, 5.74) is -0.413. The highest BCUT2D eigenvalue weighted by atomic mass is 127. The van der Waals surface area contributed by atoms with Crippen molar-refractivity contribution in [1.29, 1.82) is 0 Å². The van der Waals surface area contributed by atoms with E-state index in [1.807, 2.05) is 0 Å². The molecule has 3 N–H and O–H groups in total. The topological polar surface area (TPSA) is 74.8 Å². The lowest BCUT2D eigenvalue weighted by molar-refractivity contribution is -0.115. The molecule has 0 bridgehead atoms. The third kappa shape index (κ3) is 7.29. The van der Waals surface area contributed by atoms with Gasteiger partial charge in [0.05, 0.1) is 18.3 Å². The number of hydrogen-bond acceptors (Lipinski definition) is 3. The SMILES string of the molecule is CN=C(NCC(=O)Nc1ccc(F)c(F)c1F)NCC1CCCOC1C(C)(C)C.I. The number of hydrogen-bond donors (Lipinski definition) is 3. The molecule has 2 unspecified atom stereocenters. The van der Waals surface area contributed by atoms with E-state index >= 15 is 0 Å². The molecule has 1 aromatic carbocycles. The summed E-state index contributed by atoms with van der Waals surface area (Å²) in [6.07, 6.45) is 2.14. The van der Waals surface area contributed by atoms with Gasteiger partial charge in [-0.15, -0.1) is 24.0 Å². The van der Waals surface area contributed by atoms with Gasteiger partial charge in [0.1, 0.15) is 0 Å². The summed E-state index contributed by atoms with van der Waals surface area (Å²) >= 11 is 0. The first-order valence-corrected chi connectivity index (χ1v) is 9.63. The van der Waals surface area contributed by atoms with Crippen LogP contribution in [0.4, 0.5) is 18.9 Å². The summed E-state index contributed by atoms with van der Waals surface area (Å²) < 4.78 is 45.8. The second kappa shape index (κ2) is 11.7. The lowest BCUT2D eigenvalue weighted by atomic mass is 9.78. The van der Waals surface area contributed by atoms with Crippen molar-refractivity contribution in [2.24, 2.45) is 16.3 Å². The number of nitrogens with zero attached hydrogens (tertiary/aromatic N) is 1. The van der Waals surface area contributed by atoms with Gasteiger partial charge < -0.3 is 20.7 Å². The van der Waals surface area contributed by atoms with Crippen LogP contribution in [0.15, 0.2) is 17.1 Å². The molecular weight excluding hydrogens is 512 g/mol. The van der Waals surface area contributed by atoms with E-state index in [4.69, 9.17) is 4.74 Å². The highest BCUT2D eigenvalue weighted by molar-refractivity contribution is 14.0. The maximum absolute atomic E-state index is 13.6. The molecule has 1 aliphatic rings. The van der Waals surface area contributed by atoms with Crippen molar-refractivity contribution < 1.29 is 22.7 Å². The third-order valence-electron chi connectivity index (χ3n) is 4.78. The number of carbonyl (C=O) groups excluding carboxylic acids is 1. The van der Waals surface area contributed by atoms with Crippen molar-refractivity contribution in [2.75, 3.05) is 32.1 Å². The predicted molar refractivity (Wildman–Crippen MR) is 122 cm³/mol. The lowest BCUT2D eigenvalue weighted by Crippen LogP contribution is -2.48. The maximum Gasteiger partial charge on any atom is 0.243 e. The highest BCUT2D eigenvalue weighted by Gasteiger charge is 2.35. The van der Waals surface area contributed by atoms with Crippen molar-refractivity contribution in [2.45, 2.75) is 39.7 Å². The van der Waals surface area contributed by atoms with Gasteiger partial charge in [-0.05, 0) is 30.4 Å². The van der Waals surface area contributed by atoms with Gasteiger partial charge in [0.15, 0.2) is 23.4 Å². The second-order valence-electron chi connectivity index (χ2n) is 8.14. The Balaban J connectivity index is 0.00000450. The van der Waals surface area contributed by atoms with Crippen molar-refractivity contribution in [1.82, 2.24) is 10.6 Å². The number of ether oxygens (including phenoxy) is 1. The number of guanidine groups is 1. The van der Waals surface area contributed by atoms with Gasteiger partial charge in [-0.1, -0.05) is 20.8 Å². The van der Waals surface area contributed by atoms with E-state index in [-0.39, 0.29) is 42.0 Å². The molecule has 1 fully saturated rings. The third-order valence-corrected chi connectivity index (χ3v) is 4.78. The first-order chi connectivity index (χ1) is 13.6. The van der Waals surface area contributed by atoms with Crippen LogP contribution in [0.25, 0.3) is 0 Å². The van der Waals surface area contributed by atoms with E-state index in [9.17, 15) is 18.0 Å². The van der Waals surface area contributed by atoms with Gasteiger partial charge in [-0.2, -0.15) is 0 Å². The number of anilines is 1. The molecule has 0 spiro atoms. The standard InChI is InChI=1S/C20H29F3N4O2.HI/c1-20(2,3)18-12(6-5-9-29-18)10-25-19(24-4)26-11-15(28)27-14-8-7-13(21)16(22)17(14)23;/h7-8,12,18H,5-6,9-11H2,1-4H3,(H,27,28)(H2,24,25,26);1H. The van der Waals surface area contributed by atoms with E-state index in [0.29, 0.717) is 18.4 Å². The van der Waals surface area contributed by atoms with Crippen LogP contribution in [-0.4, -0.2) is 44.7 Å². The normalized spacial score (nSPS) is 19.6. The fourth-order valence-corrected chi connectivity index (χ4v) is 3.44. The zero-order valence-electron chi connectivity index (χ0n) is 17.7. The van der Waals surface area contributed by atoms with Crippen LogP contribution in [0.1, 0.15) is 33.6 Å². The van der Waals surface area contributed by atoms with Crippen molar-refractivity contribution in [3.05, 3.63) is 29.6 Å². The summed E-state index contributed by atoms with van der Waals surface area (Å²) in [7, 11) is 1.57. The minimum absolute atomic E-state index is 0. The van der Waals surface area contributed by atoms with Crippen LogP contribution in [0, 0.1) is 28.8 Å². The number of nitrogens with one attached hydrogen (secondary N) is 3. The van der Waals surface area contributed by atoms with Gasteiger partial charge in [0, 0.05) is 26.1 Å². The van der Waals surface area contributed by atoms with E-state index in [2.05, 4.69) is 41.7 Å². The Labute approximate surface area is 192 Å². The molecule has 2 atom stereocenters. The van der Waals surface area contributed by atoms with Gasteiger partial charge in [0.25, 0.3) is 0 Å². The molecular formula is C20H30F3IN4O2. The average Bonchev–Trinajstić information content (AvgIpc) is 2.68. The largest absolute Gasteiger partial charge is 0.377 e. The molecule has 1 aromatic rings. The molecule has 1 amide bonds. The smallest absolute Gasteiger partial charge is 0.243 e. The maximum atomic E-state index is 13.6. The van der Waals surface area contributed by atoms with Crippen LogP contribution in [0.5, 0.6) is 0 Å². The van der Waals surface area contributed by atoms with E-state index < -0.39 is 29.0 Å². The minimum atomic E-state index is -1.63. The molecule has 10 heteroatoms. The van der Waals surface area contributed by atoms with E-state index in [1.54, 1.807) is 7.05 Å². The van der Waals surface area contributed by atoms with Crippen LogP contribution in [0.2, 0.25) is 0 Å². The van der Waals surface area contributed by atoms with Gasteiger partial charge in [-0.25, -0.2) is 13.2 Å². The van der Waals surface area contributed by atoms with Crippen LogP contribution in [-0.2, 0) is 9.53 Å². The molecule has 1 aliphatic heterocycles. The Morgan fingerprint density at radius 1 is 1.20 bits per heavy atom. The van der Waals surface area contributed by atoms with E-state index in [1.165, 1.54) is 0 Å². The molecule has 0 aromatic heterocycles. The van der Waals surface area contributed by atoms with Gasteiger partial charge >= 0.3 is 0 Å². The first-order valence-electron chi connectivity index (χ1n) is 9.63. The molecule has 2 rings (SSSR count). The summed E-state index contributed by atoms with van der Waals surface area (Å²) in [5.74, 6) is -4.30. The molecule has 30 heavy (non-hydrogen) atoms. The Bertz CT molecular complexity index is 756. The summed E-state index contributed by atoms with van der Waals surface area (Å²) in [6.45, 7) is 7.59. The Kier molecular flexibility index (Phi) is 10.4. The molecule has 170 valence electrons. The Morgan fingerprint density at radius 2 is 1.90 bits per heavy atom. The number of carbonyl (C=O) groups is 1. The number of aliphatic imine (C=N–C) groups is 1. The average molecular weight is 542 g/mol. The molecule has 0 saturated carbocycles. The van der Waals surface area contributed by atoms with Gasteiger partial charge in [0.2, 0.25) is 5.91 Å². The predicted octanol–water partition coefficient (Wildman–Crippen LogP) is 3.67. The van der Waals surface area contributed by atoms with Crippen LogP contribution in [0.3, 0.4) is 0 Å². The van der Waals surface area contributed by atoms with Crippen molar-refractivity contribution in [3.63, 3.8) is 0 Å². The summed E-state index contributed by atoms with van der Waals surface area (Å²) in [4.78, 5) is 16.1. The molecule has 0 radical (unpaired) electrons. The lowest BCUT2D eigenvalue weighted by Gasteiger charge is -2.40. The number of rotatable bonds is 5. The minimum Gasteiger partial charge on any atom is -0.377 e. The van der Waals surface area contributed by atoms with Crippen LogP contribution >= 0.6 is 24.0 Å². The molecule has 0 aliphatic carbocycles. The fourth-order valence-electron chi connectivity index (χ4n) is 3.44. The molecule has 1 saturated heterocycles. The summed E-state index contributed by atoms with van der Waals surface area (Å²) in [5, 5.41) is 8.21. The number of halogens is 4. The monoisotopic (exact) mass is 542 g/mol. The highest BCUT2D eigenvalue weighted by Crippen LogP contribution is 2.33. The van der Waals surface area contributed by atoms with E-state index in [0.717, 1.165) is 31.6 Å². The van der Waals surface area contributed by atoms with Crippen molar-refractivity contribution >= 4 is 41.5 Å². The number of benzene rings is 1. The zero-order valence-corrected chi connectivity index (χ0v) is 20.0.